The Kier molecular flexibility index (Phi) is 6.71. The van der Waals surface area contributed by atoms with Crippen molar-refractivity contribution in [2.75, 3.05) is 12.8 Å². The van der Waals surface area contributed by atoms with Crippen LogP contribution in [0.1, 0.15) is 11.6 Å². The van der Waals surface area contributed by atoms with Crippen LogP contribution in [0.4, 0.5) is 8.78 Å². The van der Waals surface area contributed by atoms with Crippen LogP contribution in [0.3, 0.4) is 0 Å². The minimum absolute atomic E-state index is 0.0154. The highest BCUT2D eigenvalue weighted by Crippen LogP contribution is 2.33. The summed E-state index contributed by atoms with van der Waals surface area (Å²) >= 11 is 7.57. The third-order valence-corrected chi connectivity index (χ3v) is 5.64. The molecule has 2 N–H and O–H groups in total. The van der Waals surface area contributed by atoms with E-state index in [0.29, 0.717) is 5.02 Å². The van der Waals surface area contributed by atoms with Crippen LogP contribution in [0.15, 0.2) is 59.5 Å². The number of thioether (sulfide) groups is 1. The van der Waals surface area contributed by atoms with Crippen molar-refractivity contribution in [3.05, 3.63) is 76.8 Å². The molecule has 8 heteroatoms. The SMILES string of the molecule is CNC(=O)C(NC(=O)CSc1cccc2cccc(Cl)c12)c1ccc(F)c(F)c1. The number of carbonyl (C=O) groups excluding carboxylic acids is 2. The summed E-state index contributed by atoms with van der Waals surface area (Å²) in [6.45, 7) is 0. The van der Waals surface area contributed by atoms with Gasteiger partial charge in [-0.1, -0.05) is 41.9 Å². The number of rotatable bonds is 6. The topological polar surface area (TPSA) is 58.2 Å². The molecule has 150 valence electrons. The molecular formula is C21H17ClF2N2O2S. The molecule has 1 atom stereocenters. The van der Waals surface area contributed by atoms with Gasteiger partial charge in [-0.05, 0) is 35.2 Å². The van der Waals surface area contributed by atoms with Gasteiger partial charge >= 0.3 is 0 Å². The van der Waals surface area contributed by atoms with Gasteiger partial charge in [0, 0.05) is 22.4 Å². The lowest BCUT2D eigenvalue weighted by Gasteiger charge is -2.18. The Morgan fingerprint density at radius 3 is 2.48 bits per heavy atom. The van der Waals surface area contributed by atoms with Gasteiger partial charge in [0.15, 0.2) is 11.6 Å². The normalized spacial score (nSPS) is 11.9. The smallest absolute Gasteiger partial charge is 0.246 e. The molecule has 0 saturated carbocycles. The maximum absolute atomic E-state index is 13.6. The van der Waals surface area contributed by atoms with E-state index in [4.69, 9.17) is 11.6 Å². The Hall–Kier alpha value is -2.64. The van der Waals surface area contributed by atoms with Gasteiger partial charge < -0.3 is 10.6 Å². The van der Waals surface area contributed by atoms with Gasteiger partial charge in [-0.3, -0.25) is 9.59 Å². The molecule has 2 amide bonds. The highest BCUT2D eigenvalue weighted by molar-refractivity contribution is 8.00. The number of hydrogen-bond acceptors (Lipinski definition) is 3. The van der Waals surface area contributed by atoms with E-state index in [-0.39, 0.29) is 11.3 Å². The minimum atomic E-state index is -1.14. The quantitative estimate of drug-likeness (QED) is 0.563. The molecule has 0 bridgehead atoms. The molecule has 1 unspecified atom stereocenters. The van der Waals surface area contributed by atoms with Crippen LogP contribution < -0.4 is 10.6 Å². The molecule has 0 aliphatic rings. The zero-order chi connectivity index (χ0) is 21.0. The molecule has 29 heavy (non-hydrogen) atoms. The van der Waals surface area contributed by atoms with E-state index < -0.39 is 29.5 Å². The van der Waals surface area contributed by atoms with Crippen molar-refractivity contribution in [1.82, 2.24) is 10.6 Å². The molecule has 0 spiro atoms. The van der Waals surface area contributed by atoms with E-state index in [1.807, 2.05) is 30.3 Å². The van der Waals surface area contributed by atoms with Gasteiger partial charge in [0.1, 0.15) is 6.04 Å². The van der Waals surface area contributed by atoms with Crippen LogP contribution in [0, 0.1) is 11.6 Å². The Morgan fingerprint density at radius 1 is 1.07 bits per heavy atom. The van der Waals surface area contributed by atoms with Crippen molar-refractivity contribution in [3.8, 4) is 0 Å². The third-order valence-electron chi connectivity index (χ3n) is 4.27. The molecule has 0 fully saturated rings. The highest BCUT2D eigenvalue weighted by atomic mass is 35.5. The molecule has 0 heterocycles. The van der Waals surface area contributed by atoms with Gasteiger partial charge in [-0.15, -0.1) is 11.8 Å². The Bertz CT molecular complexity index is 1070. The Labute approximate surface area is 175 Å². The second-order valence-corrected chi connectivity index (χ2v) is 7.60. The molecule has 0 saturated heterocycles. The van der Waals surface area contributed by atoms with Gasteiger partial charge in [-0.2, -0.15) is 0 Å². The second kappa shape index (κ2) is 9.24. The Balaban J connectivity index is 1.76. The van der Waals surface area contributed by atoms with Crippen LogP contribution in [0.25, 0.3) is 10.8 Å². The van der Waals surface area contributed by atoms with Crippen LogP contribution in [0.5, 0.6) is 0 Å². The van der Waals surface area contributed by atoms with Crippen molar-refractivity contribution < 1.29 is 18.4 Å². The second-order valence-electron chi connectivity index (χ2n) is 6.17. The molecule has 4 nitrogen and oxygen atoms in total. The summed E-state index contributed by atoms with van der Waals surface area (Å²) in [5, 5.41) is 7.36. The van der Waals surface area contributed by atoms with Crippen LogP contribution in [-0.2, 0) is 9.59 Å². The summed E-state index contributed by atoms with van der Waals surface area (Å²) in [6.07, 6.45) is 0. The van der Waals surface area contributed by atoms with Crippen molar-refractivity contribution in [2.24, 2.45) is 0 Å². The standard InChI is InChI=1S/C21H17ClF2N2O2S/c1-25-21(28)20(13-8-9-15(23)16(24)10-13)26-18(27)11-29-17-7-3-5-12-4-2-6-14(22)19(12)17/h2-10,20H,11H2,1H3,(H,25,28)(H,26,27). The van der Waals surface area contributed by atoms with E-state index in [1.165, 1.54) is 24.9 Å². The zero-order valence-corrected chi connectivity index (χ0v) is 16.9. The minimum Gasteiger partial charge on any atom is -0.357 e. The third kappa shape index (κ3) is 4.86. The molecule has 0 aliphatic heterocycles. The maximum Gasteiger partial charge on any atom is 0.246 e. The first-order chi connectivity index (χ1) is 13.9. The number of likely N-dealkylation sites (N-methyl/N-ethyl adjacent to an activating group) is 1. The maximum atomic E-state index is 13.6. The summed E-state index contributed by atoms with van der Waals surface area (Å²) in [6, 6.07) is 13.1. The fourth-order valence-corrected chi connectivity index (χ4v) is 4.12. The van der Waals surface area contributed by atoms with E-state index in [9.17, 15) is 18.4 Å². The van der Waals surface area contributed by atoms with Gasteiger partial charge in [0.05, 0.1) is 5.75 Å². The van der Waals surface area contributed by atoms with Crippen molar-refractivity contribution in [2.45, 2.75) is 10.9 Å². The fraction of sp³-hybridized carbons (Fsp3) is 0.143. The first-order valence-electron chi connectivity index (χ1n) is 8.66. The number of fused-ring (bicyclic) bond motifs is 1. The molecule has 3 aromatic carbocycles. The van der Waals surface area contributed by atoms with E-state index in [1.54, 1.807) is 6.07 Å². The fourth-order valence-electron chi connectivity index (χ4n) is 2.86. The van der Waals surface area contributed by atoms with Gasteiger partial charge in [0.2, 0.25) is 11.8 Å². The summed E-state index contributed by atoms with van der Waals surface area (Å²) in [5.41, 5.74) is 0.148. The number of amides is 2. The molecular weight excluding hydrogens is 418 g/mol. The first kappa shape index (κ1) is 21.1. The van der Waals surface area contributed by atoms with Crippen LogP contribution >= 0.6 is 23.4 Å². The van der Waals surface area contributed by atoms with E-state index >= 15 is 0 Å². The highest BCUT2D eigenvalue weighted by Gasteiger charge is 2.23. The number of carbonyl (C=O) groups is 2. The monoisotopic (exact) mass is 434 g/mol. The first-order valence-corrected chi connectivity index (χ1v) is 10.0. The number of hydrogen-bond donors (Lipinski definition) is 2. The van der Waals surface area contributed by atoms with E-state index in [2.05, 4.69) is 10.6 Å². The number of nitrogens with one attached hydrogen (secondary N) is 2. The van der Waals surface area contributed by atoms with Gasteiger partial charge in [0.25, 0.3) is 0 Å². The van der Waals surface area contributed by atoms with E-state index in [0.717, 1.165) is 27.8 Å². The number of benzene rings is 3. The largest absolute Gasteiger partial charge is 0.357 e. The Morgan fingerprint density at radius 2 is 1.79 bits per heavy atom. The predicted octanol–water partition coefficient (Wildman–Crippen LogP) is 4.47. The summed E-state index contributed by atoms with van der Waals surface area (Å²) in [4.78, 5) is 25.5. The molecule has 0 radical (unpaired) electrons. The van der Waals surface area contributed by atoms with Gasteiger partial charge in [-0.25, -0.2) is 8.78 Å². The lowest BCUT2D eigenvalue weighted by atomic mass is 10.1. The van der Waals surface area contributed by atoms with Crippen molar-refractivity contribution in [3.63, 3.8) is 0 Å². The number of halogens is 3. The summed E-state index contributed by atoms with van der Waals surface area (Å²) < 4.78 is 26.8. The predicted molar refractivity (Wildman–Crippen MR) is 111 cm³/mol. The lowest BCUT2D eigenvalue weighted by molar-refractivity contribution is -0.127. The molecule has 3 aromatic rings. The zero-order valence-electron chi connectivity index (χ0n) is 15.3. The molecule has 0 aliphatic carbocycles. The average Bonchev–Trinajstić information content (AvgIpc) is 2.72. The van der Waals surface area contributed by atoms with Crippen molar-refractivity contribution in [1.29, 1.82) is 0 Å². The summed E-state index contributed by atoms with van der Waals surface area (Å²) in [5.74, 6) is -3.08. The average molecular weight is 435 g/mol. The lowest BCUT2D eigenvalue weighted by Crippen LogP contribution is -2.39. The van der Waals surface area contributed by atoms with Crippen LogP contribution in [-0.4, -0.2) is 24.6 Å². The van der Waals surface area contributed by atoms with Crippen LogP contribution in [0.2, 0.25) is 5.02 Å². The summed E-state index contributed by atoms with van der Waals surface area (Å²) in [7, 11) is 1.40. The van der Waals surface area contributed by atoms with Crippen molar-refractivity contribution >= 4 is 45.9 Å². The molecule has 3 rings (SSSR count). The molecule has 0 aromatic heterocycles.